The molecule has 0 spiro atoms. The molecule has 0 bridgehead atoms. The molecule has 2 aromatic rings. The Morgan fingerprint density at radius 3 is 2.52 bits per heavy atom. The van der Waals surface area contributed by atoms with E-state index in [-0.39, 0.29) is 11.9 Å². The molecule has 1 unspecified atom stereocenters. The Morgan fingerprint density at radius 1 is 1.14 bits per heavy atom. The molecular formula is C17H13FN2O. The van der Waals surface area contributed by atoms with Crippen molar-refractivity contribution in [3.63, 3.8) is 0 Å². The zero-order valence-electron chi connectivity index (χ0n) is 11.3. The van der Waals surface area contributed by atoms with Gasteiger partial charge in [0.15, 0.2) is 0 Å². The standard InChI is InChI=1S/C17H13FN2O/c18-15-7-3-12(4-8-15)9-16-10-17(20-21-16)14-5-1-13(11-19)2-6-14/h1-8,16H,9-10H2. The van der Waals surface area contributed by atoms with Crippen molar-refractivity contribution in [2.75, 3.05) is 0 Å². The molecule has 0 aromatic heterocycles. The summed E-state index contributed by atoms with van der Waals surface area (Å²) in [6.07, 6.45) is 1.38. The van der Waals surface area contributed by atoms with E-state index in [1.165, 1.54) is 12.1 Å². The first kappa shape index (κ1) is 13.3. The normalized spacial score (nSPS) is 17.0. The average molecular weight is 280 g/mol. The van der Waals surface area contributed by atoms with Crippen LogP contribution in [-0.2, 0) is 11.3 Å². The molecule has 1 heterocycles. The minimum absolute atomic E-state index is 0.0268. The summed E-state index contributed by atoms with van der Waals surface area (Å²) >= 11 is 0. The van der Waals surface area contributed by atoms with E-state index in [2.05, 4.69) is 11.2 Å². The molecular weight excluding hydrogens is 267 g/mol. The van der Waals surface area contributed by atoms with Gasteiger partial charge in [-0.15, -0.1) is 0 Å². The second-order valence-electron chi connectivity index (χ2n) is 4.99. The van der Waals surface area contributed by atoms with E-state index in [0.29, 0.717) is 18.4 Å². The van der Waals surface area contributed by atoms with E-state index in [1.54, 1.807) is 24.3 Å². The fourth-order valence-electron chi connectivity index (χ4n) is 2.33. The van der Waals surface area contributed by atoms with Crippen LogP contribution in [-0.4, -0.2) is 11.8 Å². The van der Waals surface area contributed by atoms with Crippen molar-refractivity contribution in [2.24, 2.45) is 5.16 Å². The van der Waals surface area contributed by atoms with Gasteiger partial charge in [-0.2, -0.15) is 5.26 Å². The molecule has 1 atom stereocenters. The average Bonchev–Trinajstić information content (AvgIpc) is 2.98. The second kappa shape index (κ2) is 5.76. The Bertz CT molecular complexity index is 699. The summed E-state index contributed by atoms with van der Waals surface area (Å²) in [6.45, 7) is 0. The van der Waals surface area contributed by atoms with Gasteiger partial charge in [-0.25, -0.2) is 4.39 Å². The third kappa shape index (κ3) is 3.09. The van der Waals surface area contributed by atoms with Gasteiger partial charge in [0.25, 0.3) is 0 Å². The van der Waals surface area contributed by atoms with E-state index in [9.17, 15) is 4.39 Å². The maximum atomic E-state index is 12.9. The van der Waals surface area contributed by atoms with Crippen molar-refractivity contribution in [3.8, 4) is 6.07 Å². The van der Waals surface area contributed by atoms with E-state index >= 15 is 0 Å². The van der Waals surface area contributed by atoms with Gasteiger partial charge in [0, 0.05) is 12.8 Å². The molecule has 4 heteroatoms. The number of oxime groups is 1. The lowest BCUT2D eigenvalue weighted by atomic mass is 10.00. The predicted molar refractivity (Wildman–Crippen MR) is 77.3 cm³/mol. The Balaban J connectivity index is 1.64. The lowest BCUT2D eigenvalue weighted by molar-refractivity contribution is 0.0859. The molecule has 0 radical (unpaired) electrons. The molecule has 1 aliphatic rings. The molecule has 104 valence electrons. The maximum absolute atomic E-state index is 12.9. The lowest BCUT2D eigenvalue weighted by Gasteiger charge is -2.07. The summed E-state index contributed by atoms with van der Waals surface area (Å²) in [5.74, 6) is -0.236. The van der Waals surface area contributed by atoms with Gasteiger partial charge in [0.1, 0.15) is 11.9 Å². The van der Waals surface area contributed by atoms with Crippen LogP contribution in [0, 0.1) is 17.1 Å². The Morgan fingerprint density at radius 2 is 1.86 bits per heavy atom. The van der Waals surface area contributed by atoms with Crippen molar-refractivity contribution >= 4 is 5.71 Å². The van der Waals surface area contributed by atoms with Crippen molar-refractivity contribution in [1.29, 1.82) is 5.26 Å². The highest BCUT2D eigenvalue weighted by molar-refractivity contribution is 6.01. The number of rotatable bonds is 3. The number of nitriles is 1. The molecule has 1 aliphatic heterocycles. The van der Waals surface area contributed by atoms with Gasteiger partial charge in [0.2, 0.25) is 0 Å². The van der Waals surface area contributed by atoms with Crippen LogP contribution in [0.25, 0.3) is 0 Å². The zero-order valence-corrected chi connectivity index (χ0v) is 11.3. The molecule has 0 saturated heterocycles. The van der Waals surface area contributed by atoms with Crippen LogP contribution in [0.5, 0.6) is 0 Å². The van der Waals surface area contributed by atoms with E-state index in [1.807, 2.05) is 12.1 Å². The summed E-state index contributed by atoms with van der Waals surface area (Å²) in [5, 5.41) is 12.9. The van der Waals surface area contributed by atoms with Gasteiger partial charge in [-0.3, -0.25) is 0 Å². The molecule has 0 amide bonds. The Labute approximate surface area is 122 Å². The molecule has 0 aliphatic carbocycles. The lowest BCUT2D eigenvalue weighted by Crippen LogP contribution is -2.11. The Kier molecular flexibility index (Phi) is 3.65. The maximum Gasteiger partial charge on any atom is 0.137 e. The number of hydrogen-bond donors (Lipinski definition) is 0. The fourth-order valence-corrected chi connectivity index (χ4v) is 2.33. The SMILES string of the molecule is N#Cc1ccc(C2=NOC(Cc3ccc(F)cc3)C2)cc1. The van der Waals surface area contributed by atoms with Crippen LogP contribution in [0.1, 0.15) is 23.1 Å². The molecule has 3 rings (SSSR count). The first-order valence-corrected chi connectivity index (χ1v) is 6.72. The van der Waals surface area contributed by atoms with Crippen molar-refractivity contribution < 1.29 is 9.23 Å². The molecule has 0 saturated carbocycles. The largest absolute Gasteiger partial charge is 0.391 e. The second-order valence-corrected chi connectivity index (χ2v) is 4.99. The summed E-state index contributed by atoms with van der Waals surface area (Å²) in [7, 11) is 0. The van der Waals surface area contributed by atoms with Gasteiger partial charge < -0.3 is 4.84 Å². The highest BCUT2D eigenvalue weighted by atomic mass is 19.1. The summed E-state index contributed by atoms with van der Waals surface area (Å²) in [4.78, 5) is 5.44. The zero-order chi connectivity index (χ0) is 14.7. The topological polar surface area (TPSA) is 45.4 Å². The number of nitrogens with zero attached hydrogens (tertiary/aromatic N) is 2. The van der Waals surface area contributed by atoms with Crippen LogP contribution in [0.3, 0.4) is 0 Å². The van der Waals surface area contributed by atoms with Crippen molar-refractivity contribution in [3.05, 3.63) is 71.0 Å². The fraction of sp³-hybridized carbons (Fsp3) is 0.176. The molecule has 0 N–H and O–H groups in total. The Hall–Kier alpha value is -2.67. The monoisotopic (exact) mass is 280 g/mol. The van der Waals surface area contributed by atoms with Gasteiger partial charge in [0.05, 0.1) is 17.3 Å². The molecule has 2 aromatic carbocycles. The predicted octanol–water partition coefficient (Wildman–Crippen LogP) is 3.43. The molecule has 21 heavy (non-hydrogen) atoms. The highest BCUT2D eigenvalue weighted by Gasteiger charge is 2.22. The van der Waals surface area contributed by atoms with Gasteiger partial charge in [-0.1, -0.05) is 29.4 Å². The summed E-state index contributed by atoms with van der Waals surface area (Å²) in [5.41, 5.74) is 3.50. The first-order valence-electron chi connectivity index (χ1n) is 6.72. The minimum Gasteiger partial charge on any atom is -0.391 e. The molecule has 0 fully saturated rings. The quantitative estimate of drug-likeness (QED) is 0.864. The first-order chi connectivity index (χ1) is 10.2. The van der Waals surface area contributed by atoms with Crippen LogP contribution in [0.4, 0.5) is 4.39 Å². The van der Waals surface area contributed by atoms with Crippen LogP contribution >= 0.6 is 0 Å². The van der Waals surface area contributed by atoms with Crippen molar-refractivity contribution in [1.82, 2.24) is 0 Å². The van der Waals surface area contributed by atoms with E-state index in [4.69, 9.17) is 10.1 Å². The van der Waals surface area contributed by atoms with Crippen LogP contribution in [0.15, 0.2) is 53.7 Å². The summed E-state index contributed by atoms with van der Waals surface area (Å²) in [6, 6.07) is 15.8. The number of hydrogen-bond acceptors (Lipinski definition) is 3. The van der Waals surface area contributed by atoms with Crippen LogP contribution < -0.4 is 0 Å². The highest BCUT2D eigenvalue weighted by Crippen LogP contribution is 2.20. The minimum atomic E-state index is -0.236. The van der Waals surface area contributed by atoms with E-state index < -0.39 is 0 Å². The van der Waals surface area contributed by atoms with Crippen LogP contribution in [0.2, 0.25) is 0 Å². The smallest absolute Gasteiger partial charge is 0.137 e. The third-order valence-electron chi connectivity index (χ3n) is 3.46. The van der Waals surface area contributed by atoms with Gasteiger partial charge >= 0.3 is 0 Å². The van der Waals surface area contributed by atoms with Crippen molar-refractivity contribution in [2.45, 2.75) is 18.9 Å². The number of halogens is 1. The third-order valence-corrected chi connectivity index (χ3v) is 3.46. The molecule has 3 nitrogen and oxygen atoms in total. The van der Waals surface area contributed by atoms with Gasteiger partial charge in [-0.05, 0) is 35.4 Å². The number of benzene rings is 2. The van der Waals surface area contributed by atoms with E-state index in [0.717, 1.165) is 16.8 Å². The summed E-state index contributed by atoms with van der Waals surface area (Å²) < 4.78 is 12.9.